The lowest BCUT2D eigenvalue weighted by Gasteiger charge is -2.18. The number of amides is 1. The number of sulfonamides is 1. The van der Waals surface area contributed by atoms with E-state index in [-0.39, 0.29) is 30.3 Å². The highest BCUT2D eigenvalue weighted by molar-refractivity contribution is 7.89. The van der Waals surface area contributed by atoms with Gasteiger partial charge in [0.2, 0.25) is 10.0 Å². The summed E-state index contributed by atoms with van der Waals surface area (Å²) in [5, 5.41) is 8.75. The molecule has 3 N–H and O–H groups in total. The quantitative estimate of drug-likeness (QED) is 0.333. The van der Waals surface area contributed by atoms with Gasteiger partial charge in [-0.3, -0.25) is 14.4 Å². The van der Waals surface area contributed by atoms with E-state index in [9.17, 15) is 17.6 Å². The average molecular weight is 362 g/mol. The van der Waals surface area contributed by atoms with Gasteiger partial charge in [0.1, 0.15) is 11.8 Å². The number of hydrogen-bond donors (Lipinski definition) is 3. The average Bonchev–Trinajstić information content (AvgIpc) is 2.53. The Bertz CT molecular complexity index is 619. The summed E-state index contributed by atoms with van der Waals surface area (Å²) >= 11 is 0. The van der Waals surface area contributed by atoms with Gasteiger partial charge in [-0.25, -0.2) is 13.9 Å². The molecule has 1 aromatic carbocycles. The van der Waals surface area contributed by atoms with Crippen LogP contribution in [0.3, 0.4) is 0 Å². The van der Waals surface area contributed by atoms with Crippen molar-refractivity contribution in [2.45, 2.75) is 37.6 Å². The molecule has 1 amide bonds. The first-order valence-corrected chi connectivity index (χ1v) is 9.03. The van der Waals surface area contributed by atoms with E-state index < -0.39 is 28.6 Å². The Morgan fingerprint density at radius 3 is 2.42 bits per heavy atom. The molecule has 0 aliphatic heterocycles. The number of nitrogens with one attached hydrogen (secondary N) is 2. The molecule has 1 rings (SSSR count). The zero-order valence-electron chi connectivity index (χ0n) is 13.7. The molecule has 0 heterocycles. The van der Waals surface area contributed by atoms with Gasteiger partial charge in [0.15, 0.2) is 0 Å². The zero-order valence-corrected chi connectivity index (χ0v) is 14.5. The zero-order chi connectivity index (χ0) is 18.2. The van der Waals surface area contributed by atoms with Gasteiger partial charge < -0.3 is 4.74 Å². The van der Waals surface area contributed by atoms with E-state index in [1.54, 1.807) is 0 Å². The van der Waals surface area contributed by atoms with Gasteiger partial charge in [0, 0.05) is 6.42 Å². The van der Waals surface area contributed by atoms with E-state index in [2.05, 4.69) is 4.72 Å². The van der Waals surface area contributed by atoms with E-state index in [0.29, 0.717) is 5.75 Å². The van der Waals surface area contributed by atoms with Crippen LogP contribution in [0.5, 0.6) is 5.75 Å². The number of carbonyl (C=O) groups excluding carboxylic acids is 1. The number of rotatable bonds is 10. The summed E-state index contributed by atoms with van der Waals surface area (Å²) < 4.78 is 44.2. The third kappa shape index (κ3) is 6.42. The van der Waals surface area contributed by atoms with Crippen LogP contribution >= 0.6 is 0 Å². The van der Waals surface area contributed by atoms with E-state index in [4.69, 9.17) is 9.94 Å². The molecule has 0 aliphatic carbocycles. The molecular weight excluding hydrogens is 339 g/mol. The topological polar surface area (TPSA) is 105 Å². The first-order chi connectivity index (χ1) is 11.3. The summed E-state index contributed by atoms with van der Waals surface area (Å²) in [7, 11) is -3.94. The fraction of sp³-hybridized carbons (Fsp3) is 0.533. The smallest absolute Gasteiger partial charge is 0.261 e. The first kappa shape index (κ1) is 20.3. The van der Waals surface area contributed by atoms with Crippen LogP contribution < -0.4 is 14.9 Å². The Balaban J connectivity index is 2.83. The predicted molar refractivity (Wildman–Crippen MR) is 86.0 cm³/mol. The molecule has 0 fully saturated rings. The molecule has 24 heavy (non-hydrogen) atoms. The van der Waals surface area contributed by atoms with Gasteiger partial charge >= 0.3 is 0 Å². The van der Waals surface area contributed by atoms with Crippen molar-refractivity contribution >= 4 is 15.9 Å². The summed E-state index contributed by atoms with van der Waals surface area (Å²) in [6.07, 6.45) is 0.491. The molecule has 7 nitrogen and oxygen atoms in total. The fourth-order valence-electron chi connectivity index (χ4n) is 1.97. The van der Waals surface area contributed by atoms with Crippen molar-refractivity contribution in [3.8, 4) is 5.75 Å². The molecule has 0 unspecified atom stereocenters. The van der Waals surface area contributed by atoms with E-state index in [1.807, 2.05) is 13.8 Å². The number of ether oxygens (including phenoxy) is 1. The monoisotopic (exact) mass is 362 g/mol. The third-order valence-electron chi connectivity index (χ3n) is 3.11. The highest BCUT2D eigenvalue weighted by atomic mass is 32.2. The maximum absolute atomic E-state index is 12.4. The fourth-order valence-corrected chi connectivity index (χ4v) is 3.18. The highest BCUT2D eigenvalue weighted by Gasteiger charge is 2.26. The van der Waals surface area contributed by atoms with Crippen LogP contribution in [0.15, 0.2) is 29.2 Å². The second kappa shape index (κ2) is 9.55. The van der Waals surface area contributed by atoms with Gasteiger partial charge in [0.05, 0.1) is 18.2 Å². The summed E-state index contributed by atoms with van der Waals surface area (Å²) in [5.74, 6) is -0.353. The Morgan fingerprint density at radius 2 is 1.92 bits per heavy atom. The van der Waals surface area contributed by atoms with Crippen LogP contribution in [0, 0.1) is 5.92 Å². The lowest BCUT2D eigenvalue weighted by Crippen LogP contribution is -2.46. The molecule has 0 radical (unpaired) electrons. The lowest BCUT2D eigenvalue weighted by molar-refractivity contribution is -0.131. The maximum atomic E-state index is 12.4. The predicted octanol–water partition coefficient (Wildman–Crippen LogP) is 1.62. The van der Waals surface area contributed by atoms with Crippen molar-refractivity contribution in [3.63, 3.8) is 0 Å². The van der Waals surface area contributed by atoms with Crippen molar-refractivity contribution < 1.29 is 27.5 Å². The maximum Gasteiger partial charge on any atom is 0.261 e. The van der Waals surface area contributed by atoms with E-state index in [1.165, 1.54) is 29.7 Å². The highest BCUT2D eigenvalue weighted by Crippen LogP contribution is 2.17. The van der Waals surface area contributed by atoms with Crippen LogP contribution in [0.25, 0.3) is 0 Å². The molecule has 1 atom stereocenters. The van der Waals surface area contributed by atoms with Crippen LogP contribution in [-0.4, -0.2) is 38.9 Å². The number of halogens is 1. The molecule has 9 heteroatoms. The molecule has 0 spiro atoms. The van der Waals surface area contributed by atoms with Crippen molar-refractivity contribution in [2.24, 2.45) is 5.92 Å². The van der Waals surface area contributed by atoms with Gasteiger partial charge in [-0.15, -0.1) is 0 Å². The summed E-state index contributed by atoms with van der Waals surface area (Å²) in [6.45, 7) is 3.37. The molecule has 0 saturated heterocycles. The molecule has 0 saturated carbocycles. The number of hydrogen-bond acceptors (Lipinski definition) is 5. The molecular formula is C15H23FN2O5S. The van der Waals surface area contributed by atoms with E-state index >= 15 is 0 Å². The van der Waals surface area contributed by atoms with Gasteiger partial charge in [-0.05, 0) is 36.6 Å². The molecule has 0 aliphatic rings. The summed E-state index contributed by atoms with van der Waals surface area (Å²) in [6, 6.07) is 4.49. The minimum Gasteiger partial charge on any atom is -0.493 e. The second-order valence-corrected chi connectivity index (χ2v) is 7.36. The Morgan fingerprint density at radius 1 is 1.29 bits per heavy atom. The SMILES string of the molecule is CC(C)C[C@@H](NS(=O)(=O)c1ccc(OCCCF)cc1)C(=O)NO. The van der Waals surface area contributed by atoms with Crippen molar-refractivity contribution in [1.82, 2.24) is 10.2 Å². The number of benzene rings is 1. The molecule has 136 valence electrons. The molecule has 0 aromatic heterocycles. The van der Waals surface area contributed by atoms with Crippen molar-refractivity contribution in [1.29, 1.82) is 0 Å². The molecule has 1 aromatic rings. The van der Waals surface area contributed by atoms with E-state index in [0.717, 1.165) is 0 Å². The second-order valence-electron chi connectivity index (χ2n) is 5.64. The third-order valence-corrected chi connectivity index (χ3v) is 4.60. The van der Waals surface area contributed by atoms with Gasteiger partial charge in [0.25, 0.3) is 5.91 Å². The number of carbonyl (C=O) groups is 1. The Hall–Kier alpha value is -1.71. The number of hydroxylamine groups is 1. The lowest BCUT2D eigenvalue weighted by atomic mass is 10.0. The summed E-state index contributed by atoms with van der Waals surface area (Å²) in [4.78, 5) is 11.6. The normalized spacial score (nSPS) is 12.9. The largest absolute Gasteiger partial charge is 0.493 e. The minimum absolute atomic E-state index is 0.0418. The summed E-state index contributed by atoms with van der Waals surface area (Å²) in [5.41, 5.74) is 1.47. The van der Waals surface area contributed by atoms with Gasteiger partial charge in [-0.2, -0.15) is 4.72 Å². The van der Waals surface area contributed by atoms with Crippen molar-refractivity contribution in [2.75, 3.05) is 13.3 Å². The minimum atomic E-state index is -3.94. The van der Waals surface area contributed by atoms with Crippen LogP contribution in [-0.2, 0) is 14.8 Å². The van der Waals surface area contributed by atoms with Crippen LogP contribution in [0.2, 0.25) is 0 Å². The number of alkyl halides is 1. The van der Waals surface area contributed by atoms with Gasteiger partial charge in [-0.1, -0.05) is 13.8 Å². The Kier molecular flexibility index (Phi) is 8.09. The first-order valence-electron chi connectivity index (χ1n) is 7.55. The van der Waals surface area contributed by atoms with Crippen molar-refractivity contribution in [3.05, 3.63) is 24.3 Å². The Labute approximate surface area is 141 Å². The van der Waals surface area contributed by atoms with Crippen LogP contribution in [0.1, 0.15) is 26.7 Å². The standard InChI is InChI=1S/C15H23FN2O5S/c1-11(2)10-14(15(19)17-20)18-24(21,22)13-6-4-12(5-7-13)23-9-3-8-16/h4-7,11,14,18,20H,3,8-10H2,1-2H3,(H,17,19)/t14-/m1/s1. The molecule has 0 bridgehead atoms. The van der Waals surface area contributed by atoms with Crippen LogP contribution in [0.4, 0.5) is 4.39 Å².